The van der Waals surface area contributed by atoms with Gasteiger partial charge in [0.15, 0.2) is 5.78 Å². The van der Waals surface area contributed by atoms with Crippen LogP contribution in [0.5, 0.6) is 0 Å². The van der Waals surface area contributed by atoms with Crippen molar-refractivity contribution in [1.29, 1.82) is 0 Å². The Morgan fingerprint density at radius 2 is 1.38 bits per heavy atom. The number of nitrogens with zero attached hydrogens (tertiary/aromatic N) is 3. The SMILES string of the molecule is O=C(/C=C/c1cn(-c2ccccc2)nc1-c1ccccc1)c1ccc(-n2cccc2)cc1. The first-order valence-corrected chi connectivity index (χ1v) is 10.4. The molecule has 154 valence electrons. The lowest BCUT2D eigenvalue weighted by Crippen LogP contribution is -1.96. The molecule has 0 aliphatic heterocycles. The fourth-order valence-electron chi connectivity index (χ4n) is 3.61. The molecule has 0 atom stereocenters. The highest BCUT2D eigenvalue weighted by Gasteiger charge is 2.11. The summed E-state index contributed by atoms with van der Waals surface area (Å²) >= 11 is 0. The number of carbonyl (C=O) groups excluding carboxylic acids is 1. The highest BCUT2D eigenvalue weighted by atomic mass is 16.1. The van der Waals surface area contributed by atoms with E-state index >= 15 is 0 Å². The van der Waals surface area contributed by atoms with E-state index < -0.39 is 0 Å². The van der Waals surface area contributed by atoms with Gasteiger partial charge in [0, 0.05) is 41.0 Å². The fourth-order valence-corrected chi connectivity index (χ4v) is 3.61. The van der Waals surface area contributed by atoms with Gasteiger partial charge >= 0.3 is 0 Å². The summed E-state index contributed by atoms with van der Waals surface area (Å²) in [5.41, 5.74) is 5.36. The van der Waals surface area contributed by atoms with Crippen molar-refractivity contribution in [2.24, 2.45) is 0 Å². The molecule has 0 saturated heterocycles. The molecule has 3 aromatic carbocycles. The molecular formula is C28H21N3O. The van der Waals surface area contributed by atoms with E-state index in [0.29, 0.717) is 5.56 Å². The molecule has 4 nitrogen and oxygen atoms in total. The Balaban J connectivity index is 1.45. The van der Waals surface area contributed by atoms with Crippen LogP contribution in [0, 0.1) is 0 Å². The Morgan fingerprint density at radius 1 is 0.719 bits per heavy atom. The van der Waals surface area contributed by atoms with Gasteiger partial charge in [0.2, 0.25) is 0 Å². The molecule has 5 aromatic rings. The quantitative estimate of drug-likeness (QED) is 0.244. The predicted octanol–water partition coefficient (Wildman–Crippen LogP) is 6.23. The maximum Gasteiger partial charge on any atom is 0.185 e. The molecule has 4 heteroatoms. The number of hydrogen-bond donors (Lipinski definition) is 0. The molecule has 0 fully saturated rings. The van der Waals surface area contributed by atoms with Crippen LogP contribution in [0.4, 0.5) is 0 Å². The number of rotatable bonds is 6. The number of benzene rings is 3. The number of hydrogen-bond acceptors (Lipinski definition) is 2. The number of carbonyl (C=O) groups is 1. The molecule has 0 saturated carbocycles. The summed E-state index contributed by atoms with van der Waals surface area (Å²) in [4.78, 5) is 12.8. The van der Waals surface area contributed by atoms with Gasteiger partial charge < -0.3 is 4.57 Å². The Bertz CT molecular complexity index is 1350. The highest BCUT2D eigenvalue weighted by molar-refractivity contribution is 6.07. The summed E-state index contributed by atoms with van der Waals surface area (Å²) in [6.07, 6.45) is 9.37. The zero-order valence-electron chi connectivity index (χ0n) is 17.4. The molecule has 0 radical (unpaired) electrons. The third-order valence-electron chi connectivity index (χ3n) is 5.28. The van der Waals surface area contributed by atoms with Crippen LogP contribution in [0.25, 0.3) is 28.7 Å². The minimum atomic E-state index is -0.0458. The summed E-state index contributed by atoms with van der Waals surface area (Å²) in [6.45, 7) is 0. The zero-order valence-corrected chi connectivity index (χ0v) is 17.4. The van der Waals surface area contributed by atoms with Gasteiger partial charge in [-0.1, -0.05) is 48.5 Å². The zero-order chi connectivity index (χ0) is 21.8. The molecule has 0 spiro atoms. The van der Waals surface area contributed by atoms with E-state index in [-0.39, 0.29) is 5.78 Å². The van der Waals surface area contributed by atoms with Gasteiger partial charge in [-0.15, -0.1) is 0 Å². The molecule has 0 aliphatic rings. The van der Waals surface area contributed by atoms with Crippen molar-refractivity contribution >= 4 is 11.9 Å². The second kappa shape index (κ2) is 8.74. The van der Waals surface area contributed by atoms with Crippen molar-refractivity contribution < 1.29 is 4.79 Å². The van der Waals surface area contributed by atoms with Crippen molar-refractivity contribution in [3.8, 4) is 22.6 Å². The Morgan fingerprint density at radius 3 is 2.06 bits per heavy atom. The molecule has 2 aromatic heterocycles. The molecule has 2 heterocycles. The van der Waals surface area contributed by atoms with Crippen molar-refractivity contribution in [1.82, 2.24) is 14.3 Å². The first-order valence-electron chi connectivity index (χ1n) is 10.4. The predicted molar refractivity (Wildman–Crippen MR) is 128 cm³/mol. The van der Waals surface area contributed by atoms with Crippen molar-refractivity contribution in [3.63, 3.8) is 0 Å². The third-order valence-corrected chi connectivity index (χ3v) is 5.28. The molecule has 0 amide bonds. The summed E-state index contributed by atoms with van der Waals surface area (Å²) in [5.74, 6) is -0.0458. The summed E-state index contributed by atoms with van der Waals surface area (Å²) < 4.78 is 3.85. The van der Waals surface area contributed by atoms with Gasteiger partial charge in [-0.2, -0.15) is 5.10 Å². The first-order chi connectivity index (χ1) is 15.8. The number of para-hydroxylation sites is 1. The Kier molecular flexibility index (Phi) is 5.33. The monoisotopic (exact) mass is 415 g/mol. The number of ketones is 1. The van der Waals surface area contributed by atoms with Gasteiger partial charge in [-0.25, -0.2) is 4.68 Å². The van der Waals surface area contributed by atoms with Crippen LogP contribution in [-0.4, -0.2) is 20.1 Å². The van der Waals surface area contributed by atoms with Crippen LogP contribution in [0.3, 0.4) is 0 Å². The van der Waals surface area contributed by atoms with Gasteiger partial charge in [-0.05, 0) is 60.7 Å². The van der Waals surface area contributed by atoms with Crippen LogP contribution in [0.15, 0.2) is 122 Å². The minimum Gasteiger partial charge on any atom is -0.324 e. The van der Waals surface area contributed by atoms with E-state index in [1.54, 1.807) is 6.08 Å². The largest absolute Gasteiger partial charge is 0.324 e. The lowest BCUT2D eigenvalue weighted by Gasteiger charge is -2.03. The molecule has 32 heavy (non-hydrogen) atoms. The van der Waals surface area contributed by atoms with Crippen LogP contribution >= 0.6 is 0 Å². The van der Waals surface area contributed by atoms with Gasteiger partial charge in [0.05, 0.1) is 11.4 Å². The Hall–Kier alpha value is -4.44. The van der Waals surface area contributed by atoms with Gasteiger partial charge in [0.25, 0.3) is 0 Å². The highest BCUT2D eigenvalue weighted by Crippen LogP contribution is 2.25. The number of aromatic nitrogens is 3. The van der Waals surface area contributed by atoms with E-state index in [4.69, 9.17) is 5.10 Å². The average molecular weight is 415 g/mol. The summed E-state index contributed by atoms with van der Waals surface area (Å²) in [5, 5.41) is 4.79. The van der Waals surface area contributed by atoms with Crippen molar-refractivity contribution in [2.75, 3.05) is 0 Å². The van der Waals surface area contributed by atoms with E-state index in [9.17, 15) is 4.79 Å². The third kappa shape index (κ3) is 4.07. The lowest BCUT2D eigenvalue weighted by molar-refractivity contribution is 0.104. The summed E-state index contributed by atoms with van der Waals surface area (Å²) in [7, 11) is 0. The smallest absolute Gasteiger partial charge is 0.185 e. The maximum absolute atomic E-state index is 12.8. The van der Waals surface area contributed by atoms with Crippen molar-refractivity contribution in [2.45, 2.75) is 0 Å². The van der Waals surface area contributed by atoms with Crippen LogP contribution in [-0.2, 0) is 0 Å². The second-order valence-corrected chi connectivity index (χ2v) is 7.41. The molecular weight excluding hydrogens is 394 g/mol. The van der Waals surface area contributed by atoms with Crippen LogP contribution in [0.1, 0.15) is 15.9 Å². The van der Waals surface area contributed by atoms with E-state index in [0.717, 1.165) is 28.2 Å². The minimum absolute atomic E-state index is 0.0458. The van der Waals surface area contributed by atoms with Gasteiger partial charge in [0.1, 0.15) is 0 Å². The average Bonchev–Trinajstić information content (AvgIpc) is 3.54. The molecule has 0 bridgehead atoms. The lowest BCUT2D eigenvalue weighted by atomic mass is 10.1. The second-order valence-electron chi connectivity index (χ2n) is 7.41. The van der Waals surface area contributed by atoms with E-state index in [2.05, 4.69) is 0 Å². The Labute approximate surface area is 186 Å². The molecule has 0 unspecified atom stereocenters. The molecule has 5 rings (SSSR count). The fraction of sp³-hybridized carbons (Fsp3) is 0. The maximum atomic E-state index is 12.8. The standard InChI is InChI=1S/C28H21N3O/c32-27(22-13-16-25(17-14-22)30-19-7-8-20-30)18-15-24-21-31(26-11-5-2-6-12-26)29-28(24)23-9-3-1-4-10-23/h1-21H/b18-15+. The topological polar surface area (TPSA) is 39.8 Å². The molecule has 0 aliphatic carbocycles. The normalized spacial score (nSPS) is 11.1. The van der Waals surface area contributed by atoms with E-state index in [1.165, 1.54) is 0 Å². The molecule has 0 N–H and O–H groups in total. The number of allylic oxidation sites excluding steroid dienone is 1. The van der Waals surface area contributed by atoms with Crippen LogP contribution in [0.2, 0.25) is 0 Å². The summed E-state index contributed by atoms with van der Waals surface area (Å²) in [6, 6.07) is 31.5. The van der Waals surface area contributed by atoms with Crippen LogP contribution < -0.4 is 0 Å². The first kappa shape index (κ1) is 19.5. The van der Waals surface area contributed by atoms with Crippen molar-refractivity contribution in [3.05, 3.63) is 133 Å². The van der Waals surface area contributed by atoms with E-state index in [1.807, 2.05) is 131 Å². The van der Waals surface area contributed by atoms with Gasteiger partial charge in [-0.3, -0.25) is 4.79 Å².